The Hall–Kier alpha value is -3.09. The van der Waals surface area contributed by atoms with Crippen molar-refractivity contribution >= 4 is 27.6 Å². The second-order valence-electron chi connectivity index (χ2n) is 8.69. The minimum atomic E-state index is -0.560. The fourth-order valence-corrected chi connectivity index (χ4v) is 3.69. The molecule has 0 radical (unpaired) electrons. The first-order valence-electron chi connectivity index (χ1n) is 10.2. The Labute approximate surface area is 174 Å². The molecule has 0 unspecified atom stereocenters. The van der Waals surface area contributed by atoms with Gasteiger partial charge in [0, 0.05) is 17.2 Å². The van der Waals surface area contributed by atoms with Crippen LogP contribution < -0.4 is 11.2 Å². The van der Waals surface area contributed by atoms with Gasteiger partial charge in [-0.1, -0.05) is 27.7 Å². The first-order valence-corrected chi connectivity index (χ1v) is 10.2. The predicted octanol–water partition coefficient (Wildman–Crippen LogP) is 4.53. The first-order chi connectivity index (χ1) is 14.0. The van der Waals surface area contributed by atoms with E-state index in [1.54, 1.807) is 0 Å². The summed E-state index contributed by atoms with van der Waals surface area (Å²) >= 11 is 0. The minimum absolute atomic E-state index is 0.0296. The number of rotatable bonds is 6. The summed E-state index contributed by atoms with van der Waals surface area (Å²) in [5.74, 6) is -0.846. The molecule has 0 atom stereocenters. The Morgan fingerprint density at radius 1 is 0.867 bits per heavy atom. The zero-order chi connectivity index (χ0) is 22.3. The third-order valence-corrected chi connectivity index (χ3v) is 5.49. The number of anilines is 1. The molecule has 0 fully saturated rings. The second-order valence-corrected chi connectivity index (χ2v) is 8.69. The van der Waals surface area contributed by atoms with E-state index < -0.39 is 11.2 Å². The summed E-state index contributed by atoms with van der Waals surface area (Å²) < 4.78 is 5.77. The number of nitrogen functional groups attached to an aromatic ring is 1. The van der Waals surface area contributed by atoms with E-state index in [1.165, 1.54) is 0 Å². The molecular formula is C23H29NO6. The van der Waals surface area contributed by atoms with E-state index in [4.69, 9.17) is 10.2 Å². The van der Waals surface area contributed by atoms with Gasteiger partial charge >= 0.3 is 0 Å². The molecule has 2 aromatic carbocycles. The molecule has 7 nitrogen and oxygen atoms in total. The van der Waals surface area contributed by atoms with E-state index in [-0.39, 0.29) is 56.0 Å². The lowest BCUT2D eigenvalue weighted by Crippen LogP contribution is -2.09. The molecule has 0 bridgehead atoms. The van der Waals surface area contributed by atoms with Crippen molar-refractivity contribution < 1.29 is 24.8 Å². The summed E-state index contributed by atoms with van der Waals surface area (Å²) in [7, 11) is 0. The average Bonchev–Trinajstić information content (AvgIpc) is 2.66. The lowest BCUT2D eigenvalue weighted by atomic mass is 9.95. The zero-order valence-corrected chi connectivity index (χ0v) is 17.7. The van der Waals surface area contributed by atoms with Gasteiger partial charge in [0.05, 0.1) is 5.39 Å². The number of nitrogens with two attached hydrogens (primary N) is 1. The van der Waals surface area contributed by atoms with Crippen molar-refractivity contribution in [2.75, 3.05) is 5.73 Å². The van der Waals surface area contributed by atoms with Gasteiger partial charge in [0.2, 0.25) is 5.43 Å². The van der Waals surface area contributed by atoms with Crippen LogP contribution in [0.2, 0.25) is 0 Å². The summed E-state index contributed by atoms with van der Waals surface area (Å²) in [4.78, 5) is 13.4. The third-order valence-electron chi connectivity index (χ3n) is 5.49. The molecule has 0 amide bonds. The van der Waals surface area contributed by atoms with Crippen molar-refractivity contribution in [2.24, 2.45) is 11.8 Å². The summed E-state index contributed by atoms with van der Waals surface area (Å²) in [6.45, 7) is 8.04. The van der Waals surface area contributed by atoms with Crippen LogP contribution in [0.1, 0.15) is 51.7 Å². The van der Waals surface area contributed by atoms with Gasteiger partial charge in [0.15, 0.2) is 17.1 Å². The molecule has 0 spiro atoms. The van der Waals surface area contributed by atoms with E-state index in [0.29, 0.717) is 37.5 Å². The monoisotopic (exact) mass is 415 g/mol. The highest BCUT2D eigenvalue weighted by Crippen LogP contribution is 2.44. The molecular weight excluding hydrogens is 386 g/mol. The molecule has 0 aliphatic heterocycles. The lowest BCUT2D eigenvalue weighted by Gasteiger charge is -2.16. The smallest absolute Gasteiger partial charge is 0.204 e. The van der Waals surface area contributed by atoms with E-state index >= 15 is 0 Å². The van der Waals surface area contributed by atoms with Crippen LogP contribution in [0.5, 0.6) is 23.0 Å². The van der Waals surface area contributed by atoms with Gasteiger partial charge in [-0.2, -0.15) is 0 Å². The minimum Gasteiger partial charge on any atom is -0.507 e. The van der Waals surface area contributed by atoms with E-state index in [9.17, 15) is 25.2 Å². The van der Waals surface area contributed by atoms with Gasteiger partial charge in [-0.25, -0.2) is 0 Å². The molecule has 0 aliphatic rings. The van der Waals surface area contributed by atoms with Crippen LogP contribution in [0.15, 0.2) is 15.3 Å². The van der Waals surface area contributed by atoms with E-state index in [0.717, 1.165) is 6.07 Å². The third kappa shape index (κ3) is 3.60. The zero-order valence-electron chi connectivity index (χ0n) is 17.7. The van der Waals surface area contributed by atoms with Gasteiger partial charge in [-0.15, -0.1) is 0 Å². The van der Waals surface area contributed by atoms with Crippen LogP contribution in [-0.2, 0) is 12.8 Å². The molecule has 30 heavy (non-hydrogen) atoms. The van der Waals surface area contributed by atoms with Crippen LogP contribution in [0, 0.1) is 11.8 Å². The van der Waals surface area contributed by atoms with Gasteiger partial charge < -0.3 is 30.6 Å². The van der Waals surface area contributed by atoms with E-state index in [2.05, 4.69) is 0 Å². The maximum absolute atomic E-state index is 13.4. The van der Waals surface area contributed by atoms with Crippen molar-refractivity contribution in [3.8, 4) is 23.0 Å². The Morgan fingerprint density at radius 3 is 2.00 bits per heavy atom. The molecule has 1 heterocycles. The number of hydrogen-bond acceptors (Lipinski definition) is 7. The number of benzene rings is 2. The maximum atomic E-state index is 13.4. The number of fused-ring (bicyclic) bond motifs is 2. The Kier molecular flexibility index (Phi) is 5.74. The van der Waals surface area contributed by atoms with Crippen LogP contribution in [0.25, 0.3) is 21.9 Å². The van der Waals surface area contributed by atoms with Crippen molar-refractivity contribution in [3.05, 3.63) is 27.4 Å². The highest BCUT2D eigenvalue weighted by atomic mass is 16.3. The number of phenols is 4. The molecule has 0 saturated carbocycles. The van der Waals surface area contributed by atoms with Gasteiger partial charge in [-0.05, 0) is 37.5 Å². The van der Waals surface area contributed by atoms with Gasteiger partial charge in [-0.3, -0.25) is 4.79 Å². The quantitative estimate of drug-likeness (QED) is 0.173. The molecule has 7 heteroatoms. The number of aryl methyl sites for hydroxylation is 1. The SMILES string of the molecule is CC(C)CCc1c(O)c(N)c2oc3cc(O)c(O)c(CCC(C)C)c3c(=O)c2c1O. The van der Waals surface area contributed by atoms with Gasteiger partial charge in [0.1, 0.15) is 28.2 Å². The average molecular weight is 415 g/mol. The number of hydrogen-bond donors (Lipinski definition) is 5. The van der Waals surface area contributed by atoms with Crippen molar-refractivity contribution in [1.29, 1.82) is 0 Å². The molecule has 3 rings (SSSR count). The highest BCUT2D eigenvalue weighted by molar-refractivity contribution is 6.03. The molecule has 0 saturated heterocycles. The van der Waals surface area contributed by atoms with Crippen molar-refractivity contribution in [1.82, 2.24) is 0 Å². The van der Waals surface area contributed by atoms with Gasteiger partial charge in [0.25, 0.3) is 0 Å². The van der Waals surface area contributed by atoms with Crippen molar-refractivity contribution in [3.63, 3.8) is 0 Å². The van der Waals surface area contributed by atoms with Crippen molar-refractivity contribution in [2.45, 2.75) is 53.4 Å². The van der Waals surface area contributed by atoms with Crippen LogP contribution in [0.4, 0.5) is 5.69 Å². The first kappa shape index (κ1) is 21.6. The van der Waals surface area contributed by atoms with Crippen LogP contribution in [0.3, 0.4) is 0 Å². The van der Waals surface area contributed by atoms with E-state index in [1.807, 2.05) is 27.7 Å². The maximum Gasteiger partial charge on any atom is 0.204 e. The fourth-order valence-electron chi connectivity index (χ4n) is 3.69. The Morgan fingerprint density at radius 2 is 1.43 bits per heavy atom. The summed E-state index contributed by atoms with van der Waals surface area (Å²) in [5.41, 5.74) is 5.71. The standard InChI is InChI=1S/C23H29NO6/c1-10(2)5-7-12-16-15(9-14(25)19(12)26)30-23-17(22(16)29)20(27)13(8-6-11(3)4)21(28)18(23)24/h9-11,25-28H,5-8,24H2,1-4H3. The summed E-state index contributed by atoms with van der Waals surface area (Å²) in [6, 6.07) is 1.14. The molecule has 0 aliphatic carbocycles. The highest BCUT2D eigenvalue weighted by Gasteiger charge is 2.25. The molecule has 1 aromatic heterocycles. The molecule has 3 aromatic rings. The lowest BCUT2D eigenvalue weighted by molar-refractivity contribution is 0.398. The number of aromatic hydroxyl groups is 4. The second kappa shape index (κ2) is 7.97. The molecule has 162 valence electrons. The topological polar surface area (TPSA) is 137 Å². The fraction of sp³-hybridized carbons (Fsp3) is 0.435. The Balaban J connectivity index is 2.41. The predicted molar refractivity (Wildman–Crippen MR) is 117 cm³/mol. The Bertz CT molecular complexity index is 1180. The number of phenolic OH excluding ortho intramolecular Hbond substituents is 4. The largest absolute Gasteiger partial charge is 0.507 e. The summed E-state index contributed by atoms with van der Waals surface area (Å²) in [6.07, 6.45) is 2.04. The molecule has 6 N–H and O–H groups in total. The van der Waals surface area contributed by atoms with Crippen LogP contribution >= 0.6 is 0 Å². The summed E-state index contributed by atoms with van der Waals surface area (Å²) in [5, 5.41) is 41.9. The normalized spacial score (nSPS) is 11.9. The van der Waals surface area contributed by atoms with Crippen LogP contribution in [-0.4, -0.2) is 20.4 Å².